The minimum absolute atomic E-state index is 0.139. The van der Waals surface area contributed by atoms with Crippen LogP contribution in [0.5, 0.6) is 0 Å². The predicted octanol–water partition coefficient (Wildman–Crippen LogP) is 7.77. The topological polar surface area (TPSA) is 316 Å². The highest BCUT2D eigenvalue weighted by Gasteiger charge is 2.36. The molecular formula is C52H65N19O4. The largest absolute Gasteiger partial charge is 0.444 e. The average molecular weight is 1020 g/mol. The van der Waals surface area contributed by atoms with E-state index in [9.17, 15) is 14.4 Å². The first kappa shape index (κ1) is 53.8. The van der Waals surface area contributed by atoms with E-state index in [0.717, 1.165) is 66.0 Å². The van der Waals surface area contributed by atoms with Crippen LogP contribution in [-0.4, -0.2) is 108 Å². The van der Waals surface area contributed by atoms with E-state index in [1.165, 1.54) is 4.90 Å². The fourth-order valence-electron chi connectivity index (χ4n) is 8.18. The zero-order valence-electron chi connectivity index (χ0n) is 42.9. The van der Waals surface area contributed by atoms with E-state index in [4.69, 9.17) is 15.3 Å². The summed E-state index contributed by atoms with van der Waals surface area (Å²) < 4.78 is 5.46. The summed E-state index contributed by atoms with van der Waals surface area (Å²) in [5.41, 5.74) is 4.65. The van der Waals surface area contributed by atoms with Crippen LogP contribution in [0.4, 0.5) is 63.0 Å². The number of rotatable bonds is 20. The van der Waals surface area contributed by atoms with Crippen molar-refractivity contribution in [2.24, 2.45) is 5.92 Å². The molecule has 0 unspecified atom stereocenters. The molecule has 75 heavy (non-hydrogen) atoms. The van der Waals surface area contributed by atoms with Crippen molar-refractivity contribution in [3.8, 4) is 12.1 Å². The molecule has 4 aromatic heterocycles. The SMILES string of the molecule is Cc1cc(Nc2cc(NCCNC(=O)C3CCCC3)nc(Nc3ccc(CC#N)cc3)n2)n[nH]1.Cc1cc(Nc2cc(NCCNC(=O)[C@@H]3CCCN3C(=O)OC(C)(C)C)nc(Nc3ccc(CC#N)cc3)n2)n[nH]1. The van der Waals surface area contributed by atoms with E-state index < -0.39 is 17.7 Å². The third-order valence-electron chi connectivity index (χ3n) is 11.7. The van der Waals surface area contributed by atoms with Crippen molar-refractivity contribution in [1.82, 2.24) is 55.9 Å². The number of nitriles is 2. The molecule has 1 atom stereocenters. The van der Waals surface area contributed by atoms with Crippen LogP contribution in [0.2, 0.25) is 0 Å². The number of likely N-dealkylation sites (tertiary alicyclic amines) is 1. The second-order valence-electron chi connectivity index (χ2n) is 19.1. The number of nitrogens with one attached hydrogen (secondary N) is 10. The summed E-state index contributed by atoms with van der Waals surface area (Å²) >= 11 is 0. The van der Waals surface area contributed by atoms with Gasteiger partial charge in [-0.2, -0.15) is 40.7 Å². The molecule has 5 heterocycles. The van der Waals surface area contributed by atoms with Crippen molar-refractivity contribution < 1.29 is 19.1 Å². The quantitative estimate of drug-likeness (QED) is 0.0326. The Morgan fingerprint density at radius 1 is 0.613 bits per heavy atom. The summed E-state index contributed by atoms with van der Waals surface area (Å²) in [5, 5.41) is 57.1. The van der Waals surface area contributed by atoms with Gasteiger partial charge in [0.1, 0.15) is 34.9 Å². The summed E-state index contributed by atoms with van der Waals surface area (Å²) in [6.45, 7) is 11.5. The Morgan fingerprint density at radius 3 is 1.52 bits per heavy atom. The van der Waals surface area contributed by atoms with Crippen molar-refractivity contribution in [2.75, 3.05) is 64.6 Å². The van der Waals surface area contributed by atoms with Crippen molar-refractivity contribution in [2.45, 2.75) is 97.6 Å². The molecule has 10 N–H and O–H groups in total. The molecule has 1 saturated heterocycles. The van der Waals surface area contributed by atoms with Crippen LogP contribution in [-0.2, 0) is 27.2 Å². The van der Waals surface area contributed by atoms with Crippen molar-refractivity contribution in [1.29, 1.82) is 10.5 Å². The Morgan fingerprint density at radius 2 is 1.08 bits per heavy atom. The first-order valence-corrected chi connectivity index (χ1v) is 25.0. The number of H-pyrrole nitrogens is 2. The summed E-state index contributed by atoms with van der Waals surface area (Å²) in [7, 11) is 0. The van der Waals surface area contributed by atoms with Gasteiger partial charge in [-0.3, -0.25) is 24.7 Å². The molecule has 3 amide bonds. The highest BCUT2D eigenvalue weighted by molar-refractivity contribution is 5.86. The molecule has 2 fully saturated rings. The van der Waals surface area contributed by atoms with E-state index in [1.54, 1.807) is 32.9 Å². The number of ether oxygens (including phenoxy) is 1. The summed E-state index contributed by atoms with van der Waals surface area (Å²) in [6, 6.07) is 26.0. The summed E-state index contributed by atoms with van der Waals surface area (Å²) in [6.07, 6.45) is 5.82. The first-order valence-electron chi connectivity index (χ1n) is 25.0. The smallest absolute Gasteiger partial charge is 0.410 e. The molecule has 0 radical (unpaired) electrons. The number of carbonyl (C=O) groups is 3. The lowest BCUT2D eigenvalue weighted by Gasteiger charge is -2.28. The van der Waals surface area contributed by atoms with Gasteiger partial charge in [0.15, 0.2) is 11.6 Å². The van der Waals surface area contributed by atoms with E-state index in [2.05, 4.69) is 95.0 Å². The van der Waals surface area contributed by atoms with E-state index in [0.29, 0.717) is 98.8 Å². The van der Waals surface area contributed by atoms with Crippen LogP contribution in [0.1, 0.15) is 81.8 Å². The number of hydrogen-bond donors (Lipinski definition) is 10. The Bertz CT molecular complexity index is 2930. The second kappa shape index (κ2) is 26.1. The molecule has 2 aromatic carbocycles. The number of aromatic nitrogens is 8. The molecule has 8 rings (SSSR count). The van der Waals surface area contributed by atoms with Gasteiger partial charge in [0.05, 0.1) is 25.0 Å². The number of carbonyl (C=O) groups excluding carboxylic acids is 3. The number of anilines is 10. The van der Waals surface area contributed by atoms with E-state index >= 15 is 0 Å². The van der Waals surface area contributed by atoms with Gasteiger partial charge < -0.3 is 47.3 Å². The van der Waals surface area contributed by atoms with Crippen LogP contribution >= 0.6 is 0 Å². The fourth-order valence-corrected chi connectivity index (χ4v) is 8.18. The van der Waals surface area contributed by atoms with E-state index in [-0.39, 0.29) is 17.7 Å². The van der Waals surface area contributed by atoms with E-state index in [1.807, 2.05) is 74.5 Å². The minimum Gasteiger partial charge on any atom is -0.444 e. The molecule has 1 aliphatic heterocycles. The highest BCUT2D eigenvalue weighted by atomic mass is 16.6. The van der Waals surface area contributed by atoms with Gasteiger partial charge in [0.2, 0.25) is 23.7 Å². The number of amides is 3. The molecule has 23 nitrogen and oxygen atoms in total. The number of aromatic amines is 2. The van der Waals surface area contributed by atoms with Crippen LogP contribution in [0.25, 0.3) is 0 Å². The van der Waals surface area contributed by atoms with Crippen LogP contribution < -0.4 is 42.5 Å². The minimum atomic E-state index is -0.625. The molecule has 2 aliphatic rings. The normalized spacial score (nSPS) is 14.1. The van der Waals surface area contributed by atoms with Gasteiger partial charge >= 0.3 is 6.09 Å². The summed E-state index contributed by atoms with van der Waals surface area (Å²) in [5.74, 6) is 4.33. The van der Waals surface area contributed by atoms with Gasteiger partial charge in [-0.05, 0) is 95.7 Å². The maximum absolute atomic E-state index is 12.9. The Balaban J connectivity index is 0.000000222. The third-order valence-corrected chi connectivity index (χ3v) is 11.7. The Hall–Kier alpha value is -8.99. The third kappa shape index (κ3) is 17.1. The van der Waals surface area contributed by atoms with Gasteiger partial charge in [0, 0.05) is 85.7 Å². The van der Waals surface area contributed by atoms with Gasteiger partial charge in [0.25, 0.3) is 0 Å². The zero-order valence-corrected chi connectivity index (χ0v) is 42.9. The molecule has 392 valence electrons. The molecular weight excluding hydrogens is 955 g/mol. The van der Waals surface area contributed by atoms with Gasteiger partial charge in [-0.1, -0.05) is 37.1 Å². The number of aryl methyl sites for hydroxylation is 2. The zero-order chi connectivity index (χ0) is 53.2. The second-order valence-corrected chi connectivity index (χ2v) is 19.1. The average Bonchev–Trinajstić information content (AvgIpc) is 4.23. The van der Waals surface area contributed by atoms with Gasteiger partial charge in [-0.15, -0.1) is 0 Å². The van der Waals surface area contributed by atoms with Crippen LogP contribution in [0.15, 0.2) is 72.8 Å². The molecule has 23 heteroatoms. The molecule has 0 bridgehead atoms. The molecule has 1 aliphatic carbocycles. The lowest BCUT2D eigenvalue weighted by atomic mass is 10.1. The predicted molar refractivity (Wildman–Crippen MR) is 286 cm³/mol. The lowest BCUT2D eigenvalue weighted by molar-refractivity contribution is -0.125. The maximum Gasteiger partial charge on any atom is 0.410 e. The molecule has 6 aromatic rings. The number of benzene rings is 2. The van der Waals surface area contributed by atoms with Crippen LogP contribution in [0, 0.1) is 42.4 Å². The highest BCUT2D eigenvalue weighted by Crippen LogP contribution is 2.26. The monoisotopic (exact) mass is 1020 g/mol. The maximum atomic E-state index is 12.9. The molecule has 0 spiro atoms. The number of hydrogen-bond acceptors (Lipinski definition) is 18. The molecule has 1 saturated carbocycles. The fraction of sp³-hybridized carbons (Fsp3) is 0.404. The standard InChI is InChI=1S/C28H36N10O3.C24H29N9O/c1-18-16-24(37-36-18)33-23-17-22(34-26(35-23)32-20-9-7-19(8-10-20)11-12-29)30-13-14-31-25(39)21-6-5-15-38(21)27(40)41-28(2,3)4;1-16-14-22(33-32-16)29-21-15-20(26-12-13-27-23(34)18-4-2-3-5-18)30-24(31-21)28-19-8-6-17(7-9-19)10-11-25/h7-10,16-17,21H,5-6,11,13-15H2,1-4H3,(H,31,39)(H4,30,32,33,34,35,36,37);6-9,14-15,18H,2-5,10,12-13H2,1H3,(H,27,34)(H4,26,28,29,30,31,32,33)/t21-;/m0./s1. The lowest BCUT2D eigenvalue weighted by Crippen LogP contribution is -2.48. The van der Waals surface area contributed by atoms with Crippen molar-refractivity contribution in [3.63, 3.8) is 0 Å². The van der Waals surface area contributed by atoms with Gasteiger partial charge in [-0.25, -0.2) is 4.79 Å². The Labute approximate surface area is 435 Å². The first-order chi connectivity index (χ1) is 36.2. The Kier molecular flexibility index (Phi) is 18.7. The van der Waals surface area contributed by atoms with Crippen molar-refractivity contribution >= 4 is 76.1 Å². The van der Waals surface area contributed by atoms with Crippen LogP contribution in [0.3, 0.4) is 0 Å². The van der Waals surface area contributed by atoms with Crippen molar-refractivity contribution in [3.05, 3.63) is 95.3 Å². The number of nitrogens with zero attached hydrogens (tertiary/aromatic N) is 9. The summed E-state index contributed by atoms with van der Waals surface area (Å²) in [4.78, 5) is 57.3.